The third-order valence-electron chi connectivity index (χ3n) is 6.64. The molecule has 0 spiro atoms. The van der Waals surface area contributed by atoms with Gasteiger partial charge >= 0.3 is 0 Å². The Morgan fingerprint density at radius 3 is 2.59 bits per heavy atom. The number of methoxy groups -OCH3 is 1. The summed E-state index contributed by atoms with van der Waals surface area (Å²) < 4.78 is 18.6. The van der Waals surface area contributed by atoms with Crippen LogP contribution in [0.3, 0.4) is 0 Å². The molecular formula is C28H36ClN6O3P. The van der Waals surface area contributed by atoms with E-state index in [1.54, 1.807) is 26.5 Å². The Balaban J connectivity index is 1.65. The molecule has 0 amide bonds. The van der Waals surface area contributed by atoms with E-state index in [1.165, 1.54) is 6.20 Å². The summed E-state index contributed by atoms with van der Waals surface area (Å²) in [6, 6.07) is 11.4. The maximum atomic E-state index is 12.8. The molecule has 3 aromatic rings. The Morgan fingerprint density at radius 2 is 1.90 bits per heavy atom. The van der Waals surface area contributed by atoms with Gasteiger partial charge in [0.15, 0.2) is 5.82 Å². The van der Waals surface area contributed by atoms with Gasteiger partial charge in [0.25, 0.3) is 0 Å². The van der Waals surface area contributed by atoms with Crippen LogP contribution in [0.4, 0.5) is 28.8 Å². The van der Waals surface area contributed by atoms with E-state index in [0.29, 0.717) is 46.4 Å². The van der Waals surface area contributed by atoms with Gasteiger partial charge in [0, 0.05) is 5.30 Å². The van der Waals surface area contributed by atoms with Gasteiger partial charge in [-0.2, -0.15) is 4.98 Å². The number of hydrogen-bond donors (Lipinski definition) is 3. The molecule has 4 rings (SSSR count). The largest absolute Gasteiger partial charge is 0.495 e. The average molecular weight is 571 g/mol. The van der Waals surface area contributed by atoms with Crippen molar-refractivity contribution in [3.63, 3.8) is 0 Å². The van der Waals surface area contributed by atoms with E-state index < -0.39 is 7.14 Å². The minimum atomic E-state index is -2.53. The van der Waals surface area contributed by atoms with Crippen LogP contribution in [0, 0.1) is 0 Å². The molecule has 2 heterocycles. The number of nitrogens with zero attached hydrogens (tertiary/aromatic N) is 3. The Kier molecular flexibility index (Phi) is 9.51. The summed E-state index contributed by atoms with van der Waals surface area (Å²) >= 11 is 6.44. The monoisotopic (exact) mass is 570 g/mol. The number of halogens is 1. The van der Waals surface area contributed by atoms with E-state index in [4.69, 9.17) is 21.2 Å². The number of benzene rings is 2. The first-order valence-electron chi connectivity index (χ1n) is 12.8. The lowest BCUT2D eigenvalue weighted by atomic mass is 9.88. The molecule has 3 N–H and O–H groups in total. The number of hydrogen-bond acceptors (Lipinski definition) is 9. The van der Waals surface area contributed by atoms with E-state index in [-0.39, 0.29) is 0 Å². The molecule has 1 aromatic heterocycles. The van der Waals surface area contributed by atoms with Gasteiger partial charge in [0.2, 0.25) is 5.95 Å². The zero-order valence-corrected chi connectivity index (χ0v) is 24.5. The fraction of sp³-hybridized carbons (Fsp3) is 0.357. The summed E-state index contributed by atoms with van der Waals surface area (Å²) in [5.41, 5.74) is 6.42. The average Bonchev–Trinajstić information content (AvgIpc) is 2.91. The lowest BCUT2D eigenvalue weighted by Crippen LogP contribution is -2.29. The first kappa shape index (κ1) is 28.9. The summed E-state index contributed by atoms with van der Waals surface area (Å²) in [4.78, 5) is 16.9. The van der Waals surface area contributed by atoms with Crippen LogP contribution in [0.25, 0.3) is 0 Å². The van der Waals surface area contributed by atoms with Gasteiger partial charge in [0.1, 0.15) is 17.9 Å². The maximum absolute atomic E-state index is 12.8. The van der Waals surface area contributed by atoms with Crippen molar-refractivity contribution < 1.29 is 14.1 Å². The van der Waals surface area contributed by atoms with Crippen LogP contribution in [0.1, 0.15) is 24.3 Å². The first-order valence-corrected chi connectivity index (χ1v) is 15.8. The van der Waals surface area contributed by atoms with Crippen LogP contribution in [0.15, 0.2) is 55.3 Å². The Labute approximate surface area is 235 Å². The zero-order chi connectivity index (χ0) is 28.0. The highest BCUT2D eigenvalue weighted by Gasteiger charge is 2.24. The summed E-state index contributed by atoms with van der Waals surface area (Å²) in [6.07, 6.45) is 5.30. The Hall–Kier alpha value is -3.10. The van der Waals surface area contributed by atoms with Gasteiger partial charge in [-0.05, 0) is 82.1 Å². The second-order valence-corrected chi connectivity index (χ2v) is 13.5. The summed E-state index contributed by atoms with van der Waals surface area (Å²) in [5.74, 6) is 1.74. The molecule has 0 saturated carbocycles. The van der Waals surface area contributed by atoms with E-state index in [0.717, 1.165) is 42.5 Å². The molecule has 9 nitrogen and oxygen atoms in total. The van der Waals surface area contributed by atoms with Crippen molar-refractivity contribution in [2.24, 2.45) is 0 Å². The minimum absolute atomic E-state index is 0.318. The molecule has 2 aromatic carbocycles. The quantitative estimate of drug-likeness (QED) is 0.107. The van der Waals surface area contributed by atoms with Crippen molar-refractivity contribution in [1.82, 2.24) is 14.9 Å². The third kappa shape index (κ3) is 7.31. The number of para-hydroxylation sites is 1. The van der Waals surface area contributed by atoms with Gasteiger partial charge in [-0.3, -0.25) is 10.3 Å². The maximum Gasteiger partial charge on any atom is 0.229 e. The molecule has 0 aliphatic carbocycles. The minimum Gasteiger partial charge on any atom is -0.495 e. The standard InChI is InChI=1S/C28H36ClN6O3P/c1-6-15-38-34-23-17-24(25(37-3)16-20(23)19-11-13-35(2)14-12-19)32-28-30-18-21(29)27(33-28)31-22-9-7-8-10-26(22)39(4,5)36/h6-10,16-19,34H,1,11-15H2,2-5H3,(H2,30,31,32,33). The second-order valence-electron chi connectivity index (χ2n) is 9.93. The van der Waals surface area contributed by atoms with Gasteiger partial charge in [-0.1, -0.05) is 29.8 Å². The van der Waals surface area contributed by atoms with Crippen LogP contribution < -0.4 is 26.2 Å². The fourth-order valence-electron chi connectivity index (χ4n) is 4.60. The van der Waals surface area contributed by atoms with E-state index in [2.05, 4.69) is 44.6 Å². The Morgan fingerprint density at radius 1 is 1.15 bits per heavy atom. The number of likely N-dealkylation sites (tertiary alicyclic amines) is 1. The predicted octanol–water partition coefficient (Wildman–Crippen LogP) is 6.21. The topological polar surface area (TPSA) is 101 Å². The lowest BCUT2D eigenvalue weighted by molar-refractivity contribution is 0.226. The van der Waals surface area contributed by atoms with Crippen LogP contribution in [0.2, 0.25) is 5.02 Å². The molecule has 1 aliphatic heterocycles. The highest BCUT2D eigenvalue weighted by molar-refractivity contribution is 7.70. The van der Waals surface area contributed by atoms with Gasteiger partial charge in [-0.15, -0.1) is 6.58 Å². The lowest BCUT2D eigenvalue weighted by Gasteiger charge is -2.31. The highest BCUT2D eigenvalue weighted by Crippen LogP contribution is 2.41. The molecule has 11 heteroatoms. The van der Waals surface area contributed by atoms with Crippen LogP contribution in [-0.4, -0.2) is 62.1 Å². The molecule has 1 aliphatic rings. The van der Waals surface area contributed by atoms with Crippen molar-refractivity contribution in [3.8, 4) is 5.75 Å². The van der Waals surface area contributed by atoms with Gasteiger partial charge in [-0.25, -0.2) is 4.98 Å². The van der Waals surface area contributed by atoms with Crippen LogP contribution in [-0.2, 0) is 9.40 Å². The molecule has 39 heavy (non-hydrogen) atoms. The third-order valence-corrected chi connectivity index (χ3v) is 8.47. The summed E-state index contributed by atoms with van der Waals surface area (Å²) in [6.45, 7) is 9.61. The number of aromatic nitrogens is 2. The van der Waals surface area contributed by atoms with Gasteiger partial charge in [0.05, 0.1) is 37.0 Å². The highest BCUT2D eigenvalue weighted by atomic mass is 35.5. The number of piperidine rings is 1. The van der Waals surface area contributed by atoms with Crippen molar-refractivity contribution >= 4 is 52.9 Å². The van der Waals surface area contributed by atoms with Crippen molar-refractivity contribution in [3.05, 3.63) is 65.8 Å². The molecule has 0 unspecified atom stereocenters. The van der Waals surface area contributed by atoms with Crippen molar-refractivity contribution in [1.29, 1.82) is 0 Å². The van der Waals surface area contributed by atoms with Crippen molar-refractivity contribution in [2.75, 3.05) is 63.3 Å². The zero-order valence-electron chi connectivity index (χ0n) is 22.8. The van der Waals surface area contributed by atoms with Crippen LogP contribution in [0.5, 0.6) is 5.75 Å². The summed E-state index contributed by atoms with van der Waals surface area (Å²) in [5, 5.41) is 7.55. The second kappa shape index (κ2) is 12.8. The predicted molar refractivity (Wildman–Crippen MR) is 161 cm³/mol. The molecule has 1 saturated heterocycles. The molecular weight excluding hydrogens is 535 g/mol. The number of nitrogens with one attached hydrogen (secondary N) is 3. The molecule has 208 valence electrons. The smallest absolute Gasteiger partial charge is 0.229 e. The number of anilines is 5. The molecule has 0 bridgehead atoms. The first-order chi connectivity index (χ1) is 18.7. The SMILES string of the molecule is C=CCONc1cc(Nc2ncc(Cl)c(Nc3ccccc3P(C)(C)=O)n2)c(OC)cc1C1CCN(C)CC1. The molecule has 1 fully saturated rings. The van der Waals surface area contributed by atoms with Crippen molar-refractivity contribution in [2.45, 2.75) is 18.8 Å². The normalized spacial score (nSPS) is 14.6. The molecule has 0 atom stereocenters. The number of rotatable bonds is 11. The fourth-order valence-corrected chi connectivity index (χ4v) is 5.89. The number of ether oxygens (including phenoxy) is 1. The summed E-state index contributed by atoms with van der Waals surface area (Å²) in [7, 11) is 1.25. The van der Waals surface area contributed by atoms with E-state index >= 15 is 0 Å². The molecule has 0 radical (unpaired) electrons. The Bertz CT molecular complexity index is 1360. The van der Waals surface area contributed by atoms with E-state index in [9.17, 15) is 4.57 Å². The van der Waals surface area contributed by atoms with E-state index in [1.807, 2.05) is 36.4 Å². The van der Waals surface area contributed by atoms with Gasteiger partial charge < -0.3 is 24.8 Å². The van der Waals surface area contributed by atoms with Crippen LogP contribution >= 0.6 is 18.7 Å².